The average Bonchev–Trinajstić information content (AvgIpc) is 2.30. The van der Waals surface area contributed by atoms with Crippen LogP contribution in [0.15, 0.2) is 41.1 Å². The predicted octanol–water partition coefficient (Wildman–Crippen LogP) is 4.07. The van der Waals surface area contributed by atoms with Gasteiger partial charge < -0.3 is 5.32 Å². The highest BCUT2D eigenvalue weighted by molar-refractivity contribution is 9.10. The molecule has 0 radical (unpaired) electrons. The third kappa shape index (κ3) is 3.30. The minimum absolute atomic E-state index is 0.829. The van der Waals surface area contributed by atoms with Crippen molar-refractivity contribution in [3.63, 3.8) is 0 Å². The number of rotatable bonds is 3. The Bertz CT molecular complexity index is 506. The Morgan fingerprint density at radius 1 is 1.18 bits per heavy atom. The fraction of sp³-hybridized carbons (Fsp3) is 0.214. The van der Waals surface area contributed by atoms with Gasteiger partial charge in [0.2, 0.25) is 0 Å². The first-order valence-electron chi connectivity index (χ1n) is 5.57. The van der Waals surface area contributed by atoms with Crippen LogP contribution in [-0.2, 0) is 6.54 Å². The fourth-order valence-corrected chi connectivity index (χ4v) is 1.96. The van der Waals surface area contributed by atoms with E-state index in [9.17, 15) is 0 Å². The van der Waals surface area contributed by atoms with Crippen molar-refractivity contribution in [2.75, 3.05) is 5.32 Å². The summed E-state index contributed by atoms with van der Waals surface area (Å²) in [6, 6.07) is 10.5. The van der Waals surface area contributed by atoms with Gasteiger partial charge in [0.25, 0.3) is 0 Å². The van der Waals surface area contributed by atoms with Crippen molar-refractivity contribution < 1.29 is 0 Å². The quantitative estimate of drug-likeness (QED) is 0.862. The Morgan fingerprint density at radius 2 is 2.00 bits per heavy atom. The molecule has 17 heavy (non-hydrogen) atoms. The van der Waals surface area contributed by atoms with E-state index in [0.717, 1.165) is 16.8 Å². The van der Waals surface area contributed by atoms with E-state index in [4.69, 9.17) is 0 Å². The summed E-state index contributed by atoms with van der Waals surface area (Å²) >= 11 is 3.32. The van der Waals surface area contributed by atoms with Gasteiger partial charge in [0.15, 0.2) is 0 Å². The Kier molecular flexibility index (Phi) is 3.79. The zero-order valence-corrected chi connectivity index (χ0v) is 11.6. The highest BCUT2D eigenvalue weighted by atomic mass is 79.9. The van der Waals surface area contributed by atoms with Crippen LogP contribution in [0, 0.1) is 13.8 Å². The maximum Gasteiger partial charge on any atom is 0.106 e. The van der Waals surface area contributed by atoms with Crippen LogP contribution >= 0.6 is 15.9 Å². The molecule has 1 N–H and O–H groups in total. The highest BCUT2D eigenvalue weighted by Crippen LogP contribution is 2.14. The van der Waals surface area contributed by atoms with Crippen molar-refractivity contribution in [2.45, 2.75) is 20.4 Å². The molecule has 3 heteroatoms. The maximum absolute atomic E-state index is 4.18. The summed E-state index contributed by atoms with van der Waals surface area (Å²) in [4.78, 5) is 4.18. The first-order chi connectivity index (χ1) is 8.15. The molecule has 1 heterocycles. The molecule has 1 aromatic carbocycles. The van der Waals surface area contributed by atoms with E-state index < -0.39 is 0 Å². The van der Waals surface area contributed by atoms with E-state index in [1.54, 1.807) is 0 Å². The van der Waals surface area contributed by atoms with Crippen molar-refractivity contribution >= 4 is 21.6 Å². The summed E-state index contributed by atoms with van der Waals surface area (Å²) in [6.07, 6.45) is 1.83. The molecule has 0 unspecified atom stereocenters. The van der Waals surface area contributed by atoms with Crippen LogP contribution in [0.25, 0.3) is 0 Å². The van der Waals surface area contributed by atoms with Crippen LogP contribution in [0.5, 0.6) is 0 Å². The largest absolute Gasteiger partial charge is 0.380 e. The molecule has 0 aliphatic rings. The molecule has 0 saturated heterocycles. The summed E-state index contributed by atoms with van der Waals surface area (Å²) < 4.78 is 0.856. The van der Waals surface area contributed by atoms with Gasteiger partial charge in [-0.1, -0.05) is 23.8 Å². The molecule has 0 bridgehead atoms. The zero-order valence-electron chi connectivity index (χ0n) is 10.00. The predicted molar refractivity (Wildman–Crippen MR) is 75.2 cm³/mol. The van der Waals surface area contributed by atoms with Crippen LogP contribution < -0.4 is 5.32 Å². The van der Waals surface area contributed by atoms with Crippen LogP contribution in [0.3, 0.4) is 0 Å². The van der Waals surface area contributed by atoms with Crippen molar-refractivity contribution in [3.05, 3.63) is 57.8 Å². The Morgan fingerprint density at radius 3 is 2.65 bits per heavy atom. The Balaban J connectivity index is 2.04. The van der Waals surface area contributed by atoms with Crippen LogP contribution in [0.2, 0.25) is 0 Å². The van der Waals surface area contributed by atoms with Gasteiger partial charge in [-0.05, 0) is 53.0 Å². The molecule has 2 aromatic rings. The minimum Gasteiger partial charge on any atom is -0.380 e. The molecule has 88 valence electrons. The molecule has 0 spiro atoms. The average molecular weight is 291 g/mol. The number of hydrogen-bond acceptors (Lipinski definition) is 2. The van der Waals surface area contributed by atoms with Gasteiger partial charge in [-0.2, -0.15) is 0 Å². The lowest BCUT2D eigenvalue weighted by atomic mass is 10.1. The van der Waals surface area contributed by atoms with Crippen molar-refractivity contribution in [1.82, 2.24) is 4.98 Å². The molecular formula is C14H15BrN2. The lowest BCUT2D eigenvalue weighted by molar-refractivity contribution is 1.10. The SMILES string of the molecule is Cc1ccc(CNc2ccc(Br)nc2)c(C)c1. The summed E-state index contributed by atoms with van der Waals surface area (Å²) in [5, 5.41) is 3.37. The van der Waals surface area contributed by atoms with Crippen molar-refractivity contribution in [3.8, 4) is 0 Å². The number of hydrogen-bond donors (Lipinski definition) is 1. The molecular weight excluding hydrogens is 276 g/mol. The molecule has 0 fully saturated rings. The van der Waals surface area contributed by atoms with Crippen LogP contribution in [0.4, 0.5) is 5.69 Å². The number of halogens is 1. The number of anilines is 1. The number of aryl methyl sites for hydroxylation is 2. The fourth-order valence-electron chi connectivity index (χ4n) is 1.72. The van der Waals surface area contributed by atoms with Gasteiger partial charge in [0.1, 0.15) is 4.60 Å². The second kappa shape index (κ2) is 5.32. The Labute approximate surface area is 110 Å². The molecule has 0 amide bonds. The molecule has 0 saturated carbocycles. The van der Waals surface area contributed by atoms with Gasteiger partial charge in [-0.15, -0.1) is 0 Å². The van der Waals surface area contributed by atoms with Crippen LogP contribution in [-0.4, -0.2) is 4.98 Å². The second-order valence-electron chi connectivity index (χ2n) is 4.15. The lowest BCUT2D eigenvalue weighted by Crippen LogP contribution is -2.01. The van der Waals surface area contributed by atoms with E-state index in [2.05, 4.69) is 58.3 Å². The molecule has 0 aliphatic carbocycles. The van der Waals surface area contributed by atoms with Crippen molar-refractivity contribution in [2.24, 2.45) is 0 Å². The number of nitrogens with zero attached hydrogens (tertiary/aromatic N) is 1. The summed E-state index contributed by atoms with van der Waals surface area (Å²) in [6.45, 7) is 5.09. The molecule has 2 nitrogen and oxygen atoms in total. The lowest BCUT2D eigenvalue weighted by Gasteiger charge is -2.09. The zero-order chi connectivity index (χ0) is 12.3. The van der Waals surface area contributed by atoms with E-state index in [-0.39, 0.29) is 0 Å². The van der Waals surface area contributed by atoms with E-state index in [0.29, 0.717) is 0 Å². The summed E-state index contributed by atoms with van der Waals surface area (Å²) in [5.41, 5.74) is 4.98. The third-order valence-electron chi connectivity index (χ3n) is 2.71. The van der Waals surface area contributed by atoms with Gasteiger partial charge in [0, 0.05) is 6.54 Å². The van der Waals surface area contributed by atoms with Gasteiger partial charge >= 0.3 is 0 Å². The molecule has 0 atom stereocenters. The monoisotopic (exact) mass is 290 g/mol. The second-order valence-corrected chi connectivity index (χ2v) is 4.97. The van der Waals surface area contributed by atoms with E-state index in [1.807, 2.05) is 18.3 Å². The summed E-state index contributed by atoms with van der Waals surface area (Å²) in [7, 11) is 0. The maximum atomic E-state index is 4.18. The number of benzene rings is 1. The third-order valence-corrected chi connectivity index (χ3v) is 3.18. The van der Waals surface area contributed by atoms with Gasteiger partial charge in [-0.25, -0.2) is 4.98 Å². The first-order valence-corrected chi connectivity index (χ1v) is 6.36. The minimum atomic E-state index is 0.829. The highest BCUT2D eigenvalue weighted by Gasteiger charge is 1.99. The number of aromatic nitrogens is 1. The van der Waals surface area contributed by atoms with Gasteiger partial charge in [0.05, 0.1) is 11.9 Å². The summed E-state index contributed by atoms with van der Waals surface area (Å²) in [5.74, 6) is 0. The number of pyridine rings is 1. The van der Waals surface area contributed by atoms with Crippen LogP contribution in [0.1, 0.15) is 16.7 Å². The molecule has 0 aliphatic heterocycles. The number of nitrogens with one attached hydrogen (secondary N) is 1. The Hall–Kier alpha value is -1.35. The molecule has 1 aromatic heterocycles. The topological polar surface area (TPSA) is 24.9 Å². The first kappa shape index (κ1) is 12.1. The van der Waals surface area contributed by atoms with Gasteiger partial charge in [-0.3, -0.25) is 0 Å². The van der Waals surface area contributed by atoms with Crippen molar-refractivity contribution in [1.29, 1.82) is 0 Å². The normalized spacial score (nSPS) is 10.3. The molecule has 2 rings (SSSR count). The van der Waals surface area contributed by atoms with E-state index in [1.165, 1.54) is 16.7 Å². The standard InChI is InChI=1S/C14H15BrN2/c1-10-3-4-12(11(2)7-10)8-16-13-5-6-14(15)17-9-13/h3-7,9,16H,8H2,1-2H3. The smallest absolute Gasteiger partial charge is 0.106 e. The van der Waals surface area contributed by atoms with E-state index >= 15 is 0 Å².